The Morgan fingerprint density at radius 3 is 2.57 bits per heavy atom. The van der Waals surface area contributed by atoms with Crippen LogP contribution in [-0.4, -0.2) is 64.3 Å². The molecule has 1 saturated heterocycles. The Balaban J connectivity index is 1.95. The first kappa shape index (κ1) is 23.6. The van der Waals surface area contributed by atoms with E-state index >= 15 is 0 Å². The highest BCUT2D eigenvalue weighted by molar-refractivity contribution is 5.80. The summed E-state index contributed by atoms with van der Waals surface area (Å²) in [6.07, 6.45) is 4.85. The standard InChI is InChI=1S/C22H36N4O4/c1-5-23-22(24-13-9-15-26-14-8-6-7-10-19(26)27)25-16-17-11-12-18(28-2)21(30-4)20(17)29-3/h11-12H,5-10,13-16H2,1-4H3,(H2,23,24,25). The summed E-state index contributed by atoms with van der Waals surface area (Å²) in [5, 5.41) is 6.61. The van der Waals surface area contributed by atoms with Crippen molar-refractivity contribution in [3.05, 3.63) is 17.7 Å². The zero-order valence-corrected chi connectivity index (χ0v) is 18.8. The fraction of sp³-hybridized carbons (Fsp3) is 0.636. The highest BCUT2D eigenvalue weighted by atomic mass is 16.5. The van der Waals surface area contributed by atoms with Gasteiger partial charge < -0.3 is 29.7 Å². The second-order valence-electron chi connectivity index (χ2n) is 7.16. The normalized spacial score (nSPS) is 14.9. The summed E-state index contributed by atoms with van der Waals surface area (Å²) in [6, 6.07) is 3.78. The number of ether oxygens (including phenoxy) is 3. The van der Waals surface area contributed by atoms with E-state index in [0.29, 0.717) is 30.2 Å². The number of benzene rings is 1. The lowest BCUT2D eigenvalue weighted by Crippen LogP contribution is -2.39. The maximum atomic E-state index is 12.1. The number of hydrogen-bond donors (Lipinski definition) is 2. The highest BCUT2D eigenvalue weighted by Crippen LogP contribution is 2.39. The lowest BCUT2D eigenvalue weighted by molar-refractivity contribution is -0.130. The molecule has 30 heavy (non-hydrogen) atoms. The molecule has 0 bridgehead atoms. The molecule has 1 heterocycles. The predicted molar refractivity (Wildman–Crippen MR) is 119 cm³/mol. The van der Waals surface area contributed by atoms with Crippen LogP contribution in [0.5, 0.6) is 17.2 Å². The van der Waals surface area contributed by atoms with Gasteiger partial charge in [0.25, 0.3) is 0 Å². The first-order valence-corrected chi connectivity index (χ1v) is 10.7. The second kappa shape index (κ2) is 12.8. The van der Waals surface area contributed by atoms with Crippen molar-refractivity contribution < 1.29 is 19.0 Å². The van der Waals surface area contributed by atoms with Crippen LogP contribution in [0.25, 0.3) is 0 Å². The third-order valence-electron chi connectivity index (χ3n) is 5.11. The Morgan fingerprint density at radius 2 is 1.87 bits per heavy atom. The molecule has 1 aromatic rings. The molecule has 0 aromatic heterocycles. The van der Waals surface area contributed by atoms with Gasteiger partial charge in [0.05, 0.1) is 27.9 Å². The second-order valence-corrected chi connectivity index (χ2v) is 7.16. The summed E-state index contributed by atoms with van der Waals surface area (Å²) >= 11 is 0. The number of amides is 1. The number of methoxy groups -OCH3 is 3. The molecule has 8 heteroatoms. The Kier molecular flexibility index (Phi) is 10.1. The van der Waals surface area contributed by atoms with Gasteiger partial charge in [0.2, 0.25) is 11.7 Å². The van der Waals surface area contributed by atoms with Gasteiger partial charge in [-0.25, -0.2) is 4.99 Å². The van der Waals surface area contributed by atoms with E-state index in [-0.39, 0.29) is 5.91 Å². The van der Waals surface area contributed by atoms with E-state index in [1.54, 1.807) is 21.3 Å². The molecule has 0 unspecified atom stereocenters. The van der Waals surface area contributed by atoms with Crippen LogP contribution in [-0.2, 0) is 11.3 Å². The number of guanidine groups is 1. The van der Waals surface area contributed by atoms with E-state index in [2.05, 4.69) is 15.6 Å². The molecule has 1 aliphatic heterocycles. The molecule has 1 aromatic carbocycles. The topological polar surface area (TPSA) is 84.4 Å². The Morgan fingerprint density at radius 1 is 1.07 bits per heavy atom. The molecule has 0 atom stereocenters. The maximum Gasteiger partial charge on any atom is 0.222 e. The van der Waals surface area contributed by atoms with E-state index < -0.39 is 0 Å². The molecule has 168 valence electrons. The number of nitrogens with zero attached hydrogens (tertiary/aromatic N) is 2. The molecule has 2 N–H and O–H groups in total. The van der Waals surface area contributed by atoms with Crippen molar-refractivity contribution in [2.75, 3.05) is 47.5 Å². The number of aliphatic imine (C=N–C) groups is 1. The van der Waals surface area contributed by atoms with E-state index in [4.69, 9.17) is 14.2 Å². The molecule has 1 fully saturated rings. The molecule has 0 spiro atoms. The third kappa shape index (κ3) is 6.71. The number of likely N-dealkylation sites (tertiary alicyclic amines) is 1. The zero-order chi connectivity index (χ0) is 21.8. The molecular weight excluding hydrogens is 384 g/mol. The smallest absolute Gasteiger partial charge is 0.222 e. The lowest BCUT2D eigenvalue weighted by Gasteiger charge is -2.21. The van der Waals surface area contributed by atoms with Crippen molar-refractivity contribution in [2.24, 2.45) is 4.99 Å². The molecule has 0 radical (unpaired) electrons. The minimum atomic E-state index is 0.286. The van der Waals surface area contributed by atoms with Crippen LogP contribution in [0.4, 0.5) is 0 Å². The molecule has 0 aliphatic carbocycles. The van der Waals surface area contributed by atoms with Gasteiger partial charge in [-0.2, -0.15) is 0 Å². The largest absolute Gasteiger partial charge is 0.493 e. The molecule has 1 aliphatic rings. The van der Waals surface area contributed by atoms with Crippen LogP contribution in [0.3, 0.4) is 0 Å². The summed E-state index contributed by atoms with van der Waals surface area (Å²) in [5.41, 5.74) is 0.905. The minimum absolute atomic E-state index is 0.286. The summed E-state index contributed by atoms with van der Waals surface area (Å²) < 4.78 is 16.3. The van der Waals surface area contributed by atoms with Crippen molar-refractivity contribution in [3.63, 3.8) is 0 Å². The van der Waals surface area contributed by atoms with Crippen molar-refractivity contribution in [2.45, 2.75) is 45.6 Å². The first-order valence-electron chi connectivity index (χ1n) is 10.7. The van der Waals surface area contributed by atoms with Crippen molar-refractivity contribution in [1.29, 1.82) is 0 Å². The quantitative estimate of drug-likeness (QED) is 0.344. The Bertz CT molecular complexity index is 709. The maximum absolute atomic E-state index is 12.1. The summed E-state index contributed by atoms with van der Waals surface area (Å²) in [7, 11) is 4.80. The lowest BCUT2D eigenvalue weighted by atomic mass is 10.1. The van der Waals surface area contributed by atoms with E-state index in [9.17, 15) is 4.79 Å². The minimum Gasteiger partial charge on any atom is -0.493 e. The molecule has 1 amide bonds. The van der Waals surface area contributed by atoms with Crippen molar-refractivity contribution >= 4 is 11.9 Å². The fourth-order valence-corrected chi connectivity index (χ4v) is 3.55. The van der Waals surface area contributed by atoms with Crippen LogP contribution < -0.4 is 24.8 Å². The summed E-state index contributed by atoms with van der Waals surface area (Å²) in [4.78, 5) is 18.8. The molecular formula is C22H36N4O4. The number of rotatable bonds is 10. The summed E-state index contributed by atoms with van der Waals surface area (Å²) in [6.45, 7) is 5.65. The fourth-order valence-electron chi connectivity index (χ4n) is 3.55. The first-order chi connectivity index (χ1) is 14.6. The molecule has 0 saturated carbocycles. The van der Waals surface area contributed by atoms with Crippen molar-refractivity contribution in [3.8, 4) is 17.2 Å². The van der Waals surface area contributed by atoms with Crippen LogP contribution in [0.1, 0.15) is 44.6 Å². The SMILES string of the molecule is CCNC(=NCc1ccc(OC)c(OC)c1OC)NCCCN1CCCCCC1=O. The van der Waals surface area contributed by atoms with Gasteiger partial charge in [0.15, 0.2) is 17.5 Å². The van der Waals surface area contributed by atoms with E-state index in [0.717, 1.165) is 63.4 Å². The molecule has 8 nitrogen and oxygen atoms in total. The predicted octanol–water partition coefficient (Wildman–Crippen LogP) is 2.56. The average Bonchev–Trinajstić information content (AvgIpc) is 2.97. The van der Waals surface area contributed by atoms with E-state index in [1.165, 1.54) is 0 Å². The van der Waals surface area contributed by atoms with Crippen LogP contribution in [0.15, 0.2) is 17.1 Å². The van der Waals surface area contributed by atoms with Gasteiger partial charge in [-0.3, -0.25) is 4.79 Å². The number of nitrogens with one attached hydrogen (secondary N) is 2. The van der Waals surface area contributed by atoms with Gasteiger partial charge in [-0.1, -0.05) is 6.42 Å². The Labute approximate surface area is 180 Å². The van der Waals surface area contributed by atoms with Gasteiger partial charge in [0.1, 0.15) is 0 Å². The highest BCUT2D eigenvalue weighted by Gasteiger charge is 2.17. The van der Waals surface area contributed by atoms with Gasteiger partial charge >= 0.3 is 0 Å². The number of hydrogen-bond acceptors (Lipinski definition) is 5. The van der Waals surface area contributed by atoms with Crippen molar-refractivity contribution in [1.82, 2.24) is 15.5 Å². The third-order valence-corrected chi connectivity index (χ3v) is 5.11. The number of carbonyl (C=O) groups is 1. The monoisotopic (exact) mass is 420 g/mol. The Hall–Kier alpha value is -2.64. The van der Waals surface area contributed by atoms with E-state index in [1.807, 2.05) is 24.0 Å². The number of carbonyl (C=O) groups excluding carboxylic acids is 1. The van der Waals surface area contributed by atoms with Gasteiger partial charge in [0, 0.05) is 38.2 Å². The van der Waals surface area contributed by atoms with Gasteiger partial charge in [-0.15, -0.1) is 0 Å². The average molecular weight is 421 g/mol. The van der Waals surface area contributed by atoms with Crippen LogP contribution >= 0.6 is 0 Å². The van der Waals surface area contributed by atoms with Crippen LogP contribution in [0.2, 0.25) is 0 Å². The zero-order valence-electron chi connectivity index (χ0n) is 18.8. The summed E-state index contributed by atoms with van der Waals surface area (Å²) in [5.74, 6) is 2.82. The van der Waals surface area contributed by atoms with Gasteiger partial charge in [-0.05, 0) is 38.3 Å². The van der Waals surface area contributed by atoms with Crippen LogP contribution in [0, 0.1) is 0 Å². The molecule has 2 rings (SSSR count).